The van der Waals surface area contributed by atoms with Gasteiger partial charge >= 0.3 is 0 Å². The summed E-state index contributed by atoms with van der Waals surface area (Å²) in [5, 5.41) is 3.17. The Hall–Kier alpha value is -1.84. The molecular formula is C13H17N3O. The van der Waals surface area contributed by atoms with Crippen molar-refractivity contribution in [2.75, 3.05) is 11.9 Å². The van der Waals surface area contributed by atoms with Crippen LogP contribution in [-0.2, 0) is 0 Å². The number of nitrogens with zero attached hydrogens (tertiary/aromatic N) is 2. The van der Waals surface area contributed by atoms with Gasteiger partial charge in [-0.05, 0) is 25.5 Å². The Kier molecular flexibility index (Phi) is 3.42. The van der Waals surface area contributed by atoms with Gasteiger partial charge in [-0.2, -0.15) is 0 Å². The fourth-order valence-electron chi connectivity index (χ4n) is 1.80. The van der Waals surface area contributed by atoms with E-state index in [0.717, 1.165) is 25.1 Å². The number of unbranched alkanes of at least 4 members (excludes halogenated alkanes) is 1. The van der Waals surface area contributed by atoms with E-state index in [4.69, 9.17) is 0 Å². The average molecular weight is 231 g/mol. The molecule has 17 heavy (non-hydrogen) atoms. The summed E-state index contributed by atoms with van der Waals surface area (Å²) >= 11 is 0. The molecule has 2 aromatic heterocycles. The SMILES string of the molecule is CCCCNc1cc(=O)n2c(C)cccc2n1. The molecule has 0 aliphatic heterocycles. The number of hydrogen-bond donors (Lipinski definition) is 1. The minimum absolute atomic E-state index is 0.0351. The van der Waals surface area contributed by atoms with E-state index in [-0.39, 0.29) is 5.56 Å². The smallest absolute Gasteiger partial charge is 0.260 e. The molecule has 0 atom stereocenters. The number of pyridine rings is 1. The Bertz CT molecular complexity index is 574. The molecule has 2 aromatic rings. The average Bonchev–Trinajstić information content (AvgIpc) is 2.29. The molecule has 2 rings (SSSR count). The lowest BCUT2D eigenvalue weighted by atomic mass is 10.3. The van der Waals surface area contributed by atoms with E-state index in [0.29, 0.717) is 11.5 Å². The molecule has 0 saturated carbocycles. The lowest BCUT2D eigenvalue weighted by Gasteiger charge is -2.07. The van der Waals surface area contributed by atoms with E-state index in [2.05, 4.69) is 17.2 Å². The van der Waals surface area contributed by atoms with Crippen LogP contribution in [0.15, 0.2) is 29.1 Å². The van der Waals surface area contributed by atoms with Crippen LogP contribution in [0, 0.1) is 6.92 Å². The highest BCUT2D eigenvalue weighted by Gasteiger charge is 2.02. The molecule has 0 radical (unpaired) electrons. The third kappa shape index (κ3) is 2.46. The summed E-state index contributed by atoms with van der Waals surface area (Å²) in [5.41, 5.74) is 1.56. The molecule has 0 unspecified atom stereocenters. The molecule has 0 amide bonds. The molecule has 0 aliphatic carbocycles. The Labute approximate surface area is 100 Å². The first-order valence-corrected chi connectivity index (χ1v) is 5.95. The molecule has 0 bridgehead atoms. The Morgan fingerprint density at radius 1 is 1.41 bits per heavy atom. The quantitative estimate of drug-likeness (QED) is 0.821. The van der Waals surface area contributed by atoms with E-state index in [1.807, 2.05) is 25.1 Å². The van der Waals surface area contributed by atoms with Gasteiger partial charge in [0.05, 0.1) is 0 Å². The predicted molar refractivity (Wildman–Crippen MR) is 69.6 cm³/mol. The van der Waals surface area contributed by atoms with Gasteiger partial charge in [-0.15, -0.1) is 0 Å². The summed E-state index contributed by atoms with van der Waals surface area (Å²) in [4.78, 5) is 16.4. The number of aromatic nitrogens is 2. The Balaban J connectivity index is 2.39. The second-order valence-corrected chi connectivity index (χ2v) is 4.12. The van der Waals surface area contributed by atoms with Gasteiger partial charge in [-0.3, -0.25) is 9.20 Å². The highest BCUT2D eigenvalue weighted by molar-refractivity contribution is 5.47. The van der Waals surface area contributed by atoms with E-state index in [1.54, 1.807) is 10.5 Å². The number of aryl methyl sites for hydroxylation is 1. The topological polar surface area (TPSA) is 46.4 Å². The number of anilines is 1. The van der Waals surface area contributed by atoms with Crippen LogP contribution < -0.4 is 10.9 Å². The molecular weight excluding hydrogens is 214 g/mol. The minimum Gasteiger partial charge on any atom is -0.370 e. The zero-order valence-electron chi connectivity index (χ0n) is 10.2. The van der Waals surface area contributed by atoms with Crippen molar-refractivity contribution >= 4 is 11.5 Å². The number of nitrogens with one attached hydrogen (secondary N) is 1. The maximum atomic E-state index is 11.9. The first-order valence-electron chi connectivity index (χ1n) is 5.95. The van der Waals surface area contributed by atoms with Crippen molar-refractivity contribution in [3.63, 3.8) is 0 Å². The van der Waals surface area contributed by atoms with E-state index < -0.39 is 0 Å². The first kappa shape index (κ1) is 11.6. The van der Waals surface area contributed by atoms with E-state index in [1.165, 1.54) is 0 Å². The fraction of sp³-hybridized carbons (Fsp3) is 0.385. The van der Waals surface area contributed by atoms with E-state index >= 15 is 0 Å². The first-order chi connectivity index (χ1) is 8.22. The van der Waals surface area contributed by atoms with Crippen LogP contribution in [0.5, 0.6) is 0 Å². The third-order valence-electron chi connectivity index (χ3n) is 2.72. The van der Waals surface area contributed by atoms with Crippen LogP contribution in [-0.4, -0.2) is 15.9 Å². The van der Waals surface area contributed by atoms with Gasteiger partial charge in [0.1, 0.15) is 11.5 Å². The largest absolute Gasteiger partial charge is 0.370 e. The summed E-state index contributed by atoms with van der Waals surface area (Å²) in [6, 6.07) is 7.21. The Morgan fingerprint density at radius 2 is 2.24 bits per heavy atom. The van der Waals surface area contributed by atoms with Gasteiger partial charge in [-0.1, -0.05) is 19.4 Å². The molecule has 0 fully saturated rings. The van der Waals surface area contributed by atoms with Crippen molar-refractivity contribution < 1.29 is 0 Å². The monoisotopic (exact) mass is 231 g/mol. The molecule has 1 N–H and O–H groups in total. The van der Waals surface area contributed by atoms with Crippen molar-refractivity contribution in [3.8, 4) is 0 Å². The molecule has 0 saturated heterocycles. The van der Waals surface area contributed by atoms with Crippen LogP contribution in [0.1, 0.15) is 25.5 Å². The summed E-state index contributed by atoms with van der Waals surface area (Å²) < 4.78 is 1.62. The third-order valence-corrected chi connectivity index (χ3v) is 2.72. The van der Waals surface area contributed by atoms with Crippen LogP contribution in [0.4, 0.5) is 5.82 Å². The van der Waals surface area contributed by atoms with Crippen LogP contribution in [0.2, 0.25) is 0 Å². The summed E-state index contributed by atoms with van der Waals surface area (Å²) in [6.07, 6.45) is 2.20. The maximum absolute atomic E-state index is 11.9. The number of hydrogen-bond acceptors (Lipinski definition) is 3. The second kappa shape index (κ2) is 4.99. The van der Waals surface area contributed by atoms with Gasteiger partial charge in [0.2, 0.25) is 0 Å². The van der Waals surface area contributed by atoms with E-state index in [9.17, 15) is 4.79 Å². The fourth-order valence-corrected chi connectivity index (χ4v) is 1.80. The minimum atomic E-state index is -0.0351. The van der Waals surface area contributed by atoms with Gasteiger partial charge in [0, 0.05) is 18.3 Å². The van der Waals surface area contributed by atoms with Crippen molar-refractivity contribution in [1.82, 2.24) is 9.38 Å². The normalized spacial score (nSPS) is 10.7. The van der Waals surface area contributed by atoms with Crippen LogP contribution in [0.25, 0.3) is 5.65 Å². The molecule has 0 aromatic carbocycles. The van der Waals surface area contributed by atoms with Crippen molar-refractivity contribution in [2.24, 2.45) is 0 Å². The predicted octanol–water partition coefficient (Wildman–Crippen LogP) is 2.21. The number of rotatable bonds is 4. The molecule has 0 spiro atoms. The summed E-state index contributed by atoms with van der Waals surface area (Å²) in [6.45, 7) is 4.89. The van der Waals surface area contributed by atoms with Crippen LogP contribution >= 0.6 is 0 Å². The molecule has 4 heteroatoms. The second-order valence-electron chi connectivity index (χ2n) is 4.12. The lowest BCUT2D eigenvalue weighted by Crippen LogP contribution is -2.18. The van der Waals surface area contributed by atoms with Crippen LogP contribution in [0.3, 0.4) is 0 Å². The number of fused-ring (bicyclic) bond motifs is 1. The van der Waals surface area contributed by atoms with Gasteiger partial charge < -0.3 is 5.32 Å². The molecule has 4 nitrogen and oxygen atoms in total. The highest BCUT2D eigenvalue weighted by atomic mass is 16.1. The lowest BCUT2D eigenvalue weighted by molar-refractivity contribution is 0.829. The van der Waals surface area contributed by atoms with Crippen molar-refractivity contribution in [3.05, 3.63) is 40.3 Å². The zero-order valence-corrected chi connectivity index (χ0v) is 10.2. The maximum Gasteiger partial charge on any atom is 0.260 e. The molecule has 2 heterocycles. The van der Waals surface area contributed by atoms with Gasteiger partial charge in [0.25, 0.3) is 5.56 Å². The molecule has 0 aliphatic rings. The zero-order chi connectivity index (χ0) is 12.3. The summed E-state index contributed by atoms with van der Waals surface area (Å²) in [5.74, 6) is 0.661. The van der Waals surface area contributed by atoms with Crippen molar-refractivity contribution in [1.29, 1.82) is 0 Å². The highest BCUT2D eigenvalue weighted by Crippen LogP contribution is 2.06. The van der Waals surface area contributed by atoms with Gasteiger partial charge in [0.15, 0.2) is 0 Å². The standard InChI is InChI=1S/C13H17N3O/c1-3-4-8-14-11-9-13(17)16-10(2)6-5-7-12(16)15-11/h5-7,9,14H,3-4,8H2,1-2H3. The van der Waals surface area contributed by atoms with Gasteiger partial charge in [-0.25, -0.2) is 4.98 Å². The molecule has 90 valence electrons. The Morgan fingerprint density at radius 3 is 3.00 bits per heavy atom. The van der Waals surface area contributed by atoms with Crippen molar-refractivity contribution in [2.45, 2.75) is 26.7 Å². The summed E-state index contributed by atoms with van der Waals surface area (Å²) in [7, 11) is 0.